The molecule has 2 rings (SSSR count). The SMILES string of the molecule is CCC1(C(=O)O)CCN(S(=O)(=O)C=Cc2ccccc2)C1. The Bertz CT molecular complexity index is 639. The van der Waals surface area contributed by atoms with E-state index in [0.717, 1.165) is 11.0 Å². The lowest BCUT2D eigenvalue weighted by molar-refractivity contribution is -0.148. The third-order valence-corrected chi connectivity index (χ3v) is 5.55. The van der Waals surface area contributed by atoms with Crippen LogP contribution >= 0.6 is 0 Å². The number of carboxylic acid groups (broad SMARTS) is 1. The smallest absolute Gasteiger partial charge is 0.311 e. The van der Waals surface area contributed by atoms with E-state index in [1.165, 1.54) is 10.4 Å². The first-order chi connectivity index (χ1) is 9.89. The summed E-state index contributed by atoms with van der Waals surface area (Å²) in [5.41, 5.74) is -0.159. The second kappa shape index (κ2) is 5.99. The summed E-state index contributed by atoms with van der Waals surface area (Å²) in [7, 11) is -3.58. The molecule has 1 N–H and O–H groups in total. The molecule has 6 heteroatoms. The number of carboxylic acids is 1. The highest BCUT2D eigenvalue weighted by Gasteiger charge is 2.46. The van der Waals surface area contributed by atoms with Crippen molar-refractivity contribution in [3.8, 4) is 0 Å². The molecule has 1 aliphatic heterocycles. The molecular formula is C15H19NO4S. The molecule has 1 heterocycles. The standard InChI is InChI=1S/C15H19NO4S/c1-2-15(14(17)18)9-10-16(12-15)21(19,20)11-8-13-6-4-3-5-7-13/h3-8,11H,2,9-10,12H2,1H3,(H,17,18). The quantitative estimate of drug-likeness (QED) is 0.904. The van der Waals surface area contributed by atoms with Crippen LogP contribution in [0.3, 0.4) is 0 Å². The van der Waals surface area contributed by atoms with Crippen LogP contribution in [0.4, 0.5) is 0 Å². The zero-order valence-corrected chi connectivity index (χ0v) is 12.7. The fourth-order valence-corrected chi connectivity index (χ4v) is 3.75. The summed E-state index contributed by atoms with van der Waals surface area (Å²) >= 11 is 0. The number of aliphatic carboxylic acids is 1. The van der Waals surface area contributed by atoms with Crippen molar-refractivity contribution in [1.82, 2.24) is 4.31 Å². The first kappa shape index (κ1) is 15.7. The van der Waals surface area contributed by atoms with Gasteiger partial charge in [-0.25, -0.2) is 8.42 Å². The van der Waals surface area contributed by atoms with Crippen LogP contribution in [0.1, 0.15) is 25.3 Å². The van der Waals surface area contributed by atoms with Gasteiger partial charge in [0.25, 0.3) is 0 Å². The van der Waals surface area contributed by atoms with Crippen LogP contribution in [0, 0.1) is 5.41 Å². The predicted octanol–water partition coefficient (Wildman–Crippen LogP) is 2.17. The molecule has 0 radical (unpaired) electrons. The van der Waals surface area contributed by atoms with Gasteiger partial charge in [-0.15, -0.1) is 0 Å². The maximum Gasteiger partial charge on any atom is 0.311 e. The number of nitrogens with zero attached hydrogens (tertiary/aromatic N) is 1. The molecule has 21 heavy (non-hydrogen) atoms. The van der Waals surface area contributed by atoms with Gasteiger partial charge in [0.15, 0.2) is 0 Å². The van der Waals surface area contributed by atoms with E-state index in [0.29, 0.717) is 12.8 Å². The highest BCUT2D eigenvalue weighted by Crippen LogP contribution is 2.35. The monoisotopic (exact) mass is 309 g/mol. The van der Waals surface area contributed by atoms with E-state index >= 15 is 0 Å². The van der Waals surface area contributed by atoms with Crippen molar-refractivity contribution < 1.29 is 18.3 Å². The Morgan fingerprint density at radius 2 is 2.05 bits per heavy atom. The normalized spacial score (nSPS) is 23.7. The molecule has 0 bridgehead atoms. The summed E-state index contributed by atoms with van der Waals surface area (Å²) < 4.78 is 25.8. The molecule has 0 aromatic heterocycles. The molecule has 114 valence electrons. The maximum atomic E-state index is 12.3. The zero-order valence-electron chi connectivity index (χ0n) is 11.9. The molecule has 1 aromatic carbocycles. The van der Waals surface area contributed by atoms with Gasteiger partial charge in [-0.2, -0.15) is 4.31 Å². The molecule has 0 spiro atoms. The number of rotatable bonds is 5. The van der Waals surface area contributed by atoms with Crippen molar-refractivity contribution in [1.29, 1.82) is 0 Å². The number of benzene rings is 1. The van der Waals surface area contributed by atoms with Crippen molar-refractivity contribution in [3.05, 3.63) is 41.3 Å². The molecule has 0 amide bonds. The summed E-state index contributed by atoms with van der Waals surface area (Å²) in [4.78, 5) is 11.4. The van der Waals surface area contributed by atoms with Gasteiger partial charge in [0.2, 0.25) is 10.0 Å². The highest BCUT2D eigenvalue weighted by molar-refractivity contribution is 7.92. The van der Waals surface area contributed by atoms with E-state index in [1.54, 1.807) is 6.92 Å². The van der Waals surface area contributed by atoms with Crippen LogP contribution in [0.2, 0.25) is 0 Å². The Morgan fingerprint density at radius 1 is 1.38 bits per heavy atom. The fourth-order valence-electron chi connectivity index (χ4n) is 2.48. The van der Waals surface area contributed by atoms with E-state index < -0.39 is 21.4 Å². The van der Waals surface area contributed by atoms with Gasteiger partial charge in [-0.05, 0) is 24.5 Å². The first-order valence-corrected chi connectivity index (χ1v) is 8.37. The van der Waals surface area contributed by atoms with Gasteiger partial charge in [-0.3, -0.25) is 4.79 Å². The number of hydrogen-bond donors (Lipinski definition) is 1. The van der Waals surface area contributed by atoms with Crippen molar-refractivity contribution in [2.75, 3.05) is 13.1 Å². The summed E-state index contributed by atoms with van der Waals surface area (Å²) in [6, 6.07) is 9.13. The lowest BCUT2D eigenvalue weighted by atomic mass is 9.85. The van der Waals surface area contributed by atoms with Crippen LogP contribution in [-0.2, 0) is 14.8 Å². The minimum atomic E-state index is -3.58. The molecule has 0 saturated carbocycles. The lowest BCUT2D eigenvalue weighted by Gasteiger charge is -2.22. The third-order valence-electron chi connectivity index (χ3n) is 4.04. The first-order valence-electron chi connectivity index (χ1n) is 6.86. The van der Waals surface area contributed by atoms with E-state index in [2.05, 4.69) is 0 Å². The van der Waals surface area contributed by atoms with E-state index in [1.807, 2.05) is 30.3 Å². The Kier molecular flexibility index (Phi) is 4.49. The van der Waals surface area contributed by atoms with E-state index in [-0.39, 0.29) is 13.1 Å². The van der Waals surface area contributed by atoms with Gasteiger partial charge >= 0.3 is 5.97 Å². The molecule has 1 atom stereocenters. The van der Waals surface area contributed by atoms with Crippen LogP contribution in [0.5, 0.6) is 0 Å². The van der Waals surface area contributed by atoms with Crippen LogP contribution in [0.15, 0.2) is 35.7 Å². The molecular weight excluding hydrogens is 290 g/mol. The van der Waals surface area contributed by atoms with Gasteiger partial charge in [-0.1, -0.05) is 37.3 Å². The molecule has 1 unspecified atom stereocenters. The number of carbonyl (C=O) groups is 1. The maximum absolute atomic E-state index is 12.3. The summed E-state index contributed by atoms with van der Waals surface area (Å²) in [6.45, 7) is 2.08. The van der Waals surface area contributed by atoms with Gasteiger partial charge in [0, 0.05) is 18.5 Å². The Morgan fingerprint density at radius 3 is 2.57 bits per heavy atom. The highest BCUT2D eigenvalue weighted by atomic mass is 32.2. The van der Waals surface area contributed by atoms with E-state index in [4.69, 9.17) is 0 Å². The van der Waals surface area contributed by atoms with Crippen LogP contribution < -0.4 is 0 Å². The minimum Gasteiger partial charge on any atom is -0.481 e. The lowest BCUT2D eigenvalue weighted by Crippen LogP contribution is -2.35. The average Bonchev–Trinajstić information content (AvgIpc) is 2.93. The van der Waals surface area contributed by atoms with Crippen molar-refractivity contribution >= 4 is 22.1 Å². The summed E-state index contributed by atoms with van der Waals surface area (Å²) in [6.07, 6.45) is 2.32. The van der Waals surface area contributed by atoms with Crippen LogP contribution in [-0.4, -0.2) is 36.9 Å². The molecule has 1 aliphatic rings. The fraction of sp³-hybridized carbons (Fsp3) is 0.400. The average molecular weight is 309 g/mol. The third kappa shape index (κ3) is 3.33. The Balaban J connectivity index is 2.15. The van der Waals surface area contributed by atoms with Crippen molar-refractivity contribution in [2.45, 2.75) is 19.8 Å². The predicted molar refractivity (Wildman–Crippen MR) is 80.9 cm³/mol. The van der Waals surface area contributed by atoms with Gasteiger partial charge in [0.1, 0.15) is 0 Å². The second-order valence-electron chi connectivity index (χ2n) is 5.28. The molecule has 5 nitrogen and oxygen atoms in total. The molecule has 0 aliphatic carbocycles. The molecule has 1 fully saturated rings. The van der Waals surface area contributed by atoms with E-state index in [9.17, 15) is 18.3 Å². The second-order valence-corrected chi connectivity index (χ2v) is 7.10. The summed E-state index contributed by atoms with van der Waals surface area (Å²) in [5, 5.41) is 10.5. The Hall–Kier alpha value is -1.66. The largest absolute Gasteiger partial charge is 0.481 e. The zero-order chi connectivity index (χ0) is 15.5. The summed E-state index contributed by atoms with van der Waals surface area (Å²) in [5.74, 6) is -0.922. The van der Waals surface area contributed by atoms with Crippen LogP contribution in [0.25, 0.3) is 6.08 Å². The molecule has 1 aromatic rings. The minimum absolute atomic E-state index is 0.0420. The Labute approximate surface area is 124 Å². The van der Waals surface area contributed by atoms with Gasteiger partial charge < -0.3 is 5.11 Å². The molecule has 1 saturated heterocycles. The topological polar surface area (TPSA) is 74.7 Å². The number of sulfonamides is 1. The van der Waals surface area contributed by atoms with Gasteiger partial charge in [0.05, 0.1) is 5.41 Å². The van der Waals surface area contributed by atoms with Crippen molar-refractivity contribution in [3.63, 3.8) is 0 Å². The van der Waals surface area contributed by atoms with Crippen molar-refractivity contribution in [2.24, 2.45) is 5.41 Å². The number of hydrogen-bond acceptors (Lipinski definition) is 3.